The summed E-state index contributed by atoms with van der Waals surface area (Å²) in [7, 11) is 0. The molecule has 10 rings (SSSR count). The number of hydrogen-bond donors (Lipinski definition) is 0. The quantitative estimate of drug-likeness (QED) is 0.0266. The van der Waals surface area contributed by atoms with E-state index >= 15 is 9.59 Å². The van der Waals surface area contributed by atoms with E-state index in [9.17, 15) is 0 Å². The van der Waals surface area contributed by atoms with Crippen LogP contribution in [-0.2, 0) is 10.8 Å². The molecule has 2 aliphatic rings. The van der Waals surface area contributed by atoms with Gasteiger partial charge >= 0.3 is 0 Å². The predicted octanol–water partition coefficient (Wildman–Crippen LogP) is 22.1. The van der Waals surface area contributed by atoms with Gasteiger partial charge in [-0.1, -0.05) is 240 Å². The van der Waals surface area contributed by atoms with E-state index in [4.69, 9.17) is 0 Å². The van der Waals surface area contributed by atoms with Crippen molar-refractivity contribution >= 4 is 45.7 Å². The summed E-state index contributed by atoms with van der Waals surface area (Å²) in [6.45, 7) is 9.14. The molecule has 0 fully saturated rings. The highest BCUT2D eigenvalue weighted by atomic mass is 16.2. The Bertz CT molecular complexity index is 3000. The first-order valence-electron chi connectivity index (χ1n) is 30.8. The van der Waals surface area contributed by atoms with Crippen LogP contribution in [0.2, 0.25) is 0 Å². The van der Waals surface area contributed by atoms with Crippen LogP contribution in [0.3, 0.4) is 0 Å². The lowest BCUT2D eigenvalue weighted by molar-refractivity contribution is 0.0816. The van der Waals surface area contributed by atoms with Crippen molar-refractivity contribution in [2.24, 2.45) is 0 Å². The fourth-order valence-corrected chi connectivity index (χ4v) is 13.7. The summed E-state index contributed by atoms with van der Waals surface area (Å²) in [5.41, 5.74) is 17.0. The zero-order chi connectivity index (χ0) is 55.3. The molecular formula is C76H84N2O2. The zero-order valence-electron chi connectivity index (χ0n) is 48.3. The van der Waals surface area contributed by atoms with E-state index in [0.717, 1.165) is 111 Å². The van der Waals surface area contributed by atoms with Gasteiger partial charge in [0.1, 0.15) is 0 Å². The molecular weight excluding hydrogens is 973 g/mol. The molecule has 410 valence electrons. The number of Topliss-reactive ketones (excluding diaryl/α,β-unsaturated/α-hetero) is 2. The Morgan fingerprint density at radius 2 is 0.550 bits per heavy atom. The molecule has 0 atom stereocenters. The number of anilines is 6. The summed E-state index contributed by atoms with van der Waals surface area (Å²) >= 11 is 0. The van der Waals surface area contributed by atoms with E-state index in [1.165, 1.54) is 95.9 Å². The van der Waals surface area contributed by atoms with E-state index in [0.29, 0.717) is 11.1 Å². The second-order valence-electron chi connectivity index (χ2n) is 23.1. The molecule has 0 unspecified atom stereocenters. The van der Waals surface area contributed by atoms with Crippen LogP contribution >= 0.6 is 0 Å². The van der Waals surface area contributed by atoms with Gasteiger partial charge in [0.15, 0.2) is 0 Å². The second-order valence-corrected chi connectivity index (χ2v) is 23.1. The minimum absolute atomic E-state index is 0.315. The first-order valence-corrected chi connectivity index (χ1v) is 30.8. The van der Waals surface area contributed by atoms with Crippen LogP contribution in [0.1, 0.15) is 199 Å². The van der Waals surface area contributed by atoms with Gasteiger partial charge < -0.3 is 9.80 Å². The highest BCUT2D eigenvalue weighted by Crippen LogP contribution is 2.58. The standard InChI is InChI=1S/C76H84N2O2/c1-5-9-13-29-49-75(50-30-14-10-6-2)69-53-57(41-45-65(69)67-47-43-63(55-71(67)75)77(59-33-21-17-22-34-59)60-35-23-18-24-36-60)73(79)74(80)58-42-46-66-68-48-44-64(78(61-37-25-19-26-38-61)62-39-27-20-28-40-62)56-72(68)76(70(66)54-58,51-31-15-11-7-3)52-32-16-12-8-4/h17-28,33-48,53-56H,5-16,29-32,49-52H2,1-4H3. The summed E-state index contributed by atoms with van der Waals surface area (Å²) < 4.78 is 0. The lowest BCUT2D eigenvalue weighted by Gasteiger charge is -2.34. The van der Waals surface area contributed by atoms with E-state index in [1.54, 1.807) is 0 Å². The number of para-hydroxylation sites is 4. The SMILES string of the molecule is CCCCCCC1(CCCCCC)c2cc(C(=O)C(=O)c3ccc4c(c3)C(CCCCCC)(CCCCCC)c3cc(N(c5ccccc5)c5ccccc5)ccc3-4)ccc2-c2ccc(N(c3ccccc3)c3ccccc3)cc21. The zero-order valence-corrected chi connectivity index (χ0v) is 48.3. The molecule has 0 aliphatic heterocycles. The third-order valence-electron chi connectivity index (χ3n) is 17.8. The van der Waals surface area contributed by atoms with Gasteiger partial charge in [-0.05, 0) is 155 Å². The van der Waals surface area contributed by atoms with Crippen LogP contribution in [0.25, 0.3) is 22.3 Å². The number of rotatable bonds is 29. The predicted molar refractivity (Wildman–Crippen MR) is 338 cm³/mol. The summed E-state index contributed by atoms with van der Waals surface area (Å²) in [5.74, 6) is -0.851. The Morgan fingerprint density at radius 1 is 0.287 bits per heavy atom. The van der Waals surface area contributed by atoms with E-state index in [-0.39, 0.29) is 10.8 Å². The molecule has 0 saturated heterocycles. The molecule has 0 spiro atoms. The van der Waals surface area contributed by atoms with Crippen LogP contribution in [-0.4, -0.2) is 11.6 Å². The smallest absolute Gasteiger partial charge is 0.233 e. The molecule has 2 aliphatic carbocycles. The lowest BCUT2D eigenvalue weighted by atomic mass is 9.70. The molecule has 0 N–H and O–H groups in total. The number of unbranched alkanes of at least 4 members (excludes halogenated alkanes) is 12. The number of fused-ring (bicyclic) bond motifs is 6. The van der Waals surface area contributed by atoms with Crippen LogP contribution in [0, 0.1) is 0 Å². The van der Waals surface area contributed by atoms with E-state index in [2.05, 4.69) is 219 Å². The third kappa shape index (κ3) is 11.5. The van der Waals surface area contributed by atoms with Crippen molar-refractivity contribution in [2.75, 3.05) is 9.80 Å². The minimum atomic E-state index is -0.426. The van der Waals surface area contributed by atoms with Gasteiger partial charge in [0.25, 0.3) is 0 Å². The summed E-state index contributed by atoms with van der Waals surface area (Å²) in [4.78, 5) is 35.3. The number of ketones is 2. The fourth-order valence-electron chi connectivity index (χ4n) is 13.7. The van der Waals surface area contributed by atoms with Gasteiger partial charge in [-0.25, -0.2) is 0 Å². The molecule has 4 nitrogen and oxygen atoms in total. The first kappa shape index (κ1) is 56.0. The Morgan fingerprint density at radius 3 is 0.825 bits per heavy atom. The van der Waals surface area contributed by atoms with Gasteiger partial charge in [-0.15, -0.1) is 0 Å². The molecule has 80 heavy (non-hydrogen) atoms. The van der Waals surface area contributed by atoms with Crippen molar-refractivity contribution < 1.29 is 9.59 Å². The number of carbonyl (C=O) groups is 2. The van der Waals surface area contributed by atoms with Crippen LogP contribution in [0.5, 0.6) is 0 Å². The van der Waals surface area contributed by atoms with E-state index < -0.39 is 11.6 Å². The van der Waals surface area contributed by atoms with Crippen molar-refractivity contribution in [3.8, 4) is 22.3 Å². The Kier molecular flexibility index (Phi) is 18.4. The monoisotopic (exact) mass is 1060 g/mol. The number of carbonyl (C=O) groups excluding carboxylic acids is 2. The Balaban J connectivity index is 1.06. The van der Waals surface area contributed by atoms with Crippen LogP contribution in [0.4, 0.5) is 34.1 Å². The Hall–Kier alpha value is -7.30. The summed E-state index contributed by atoms with van der Waals surface area (Å²) in [6, 6.07) is 69.5. The molecule has 0 heterocycles. The molecule has 8 aromatic carbocycles. The molecule has 0 radical (unpaired) electrons. The average Bonchev–Trinajstić information content (AvgIpc) is 4.12. The topological polar surface area (TPSA) is 40.6 Å². The largest absolute Gasteiger partial charge is 0.310 e. The van der Waals surface area contributed by atoms with Gasteiger partial charge in [0, 0.05) is 56.1 Å². The van der Waals surface area contributed by atoms with Crippen molar-refractivity contribution in [2.45, 2.75) is 167 Å². The lowest BCUT2D eigenvalue weighted by Crippen LogP contribution is -2.27. The molecule has 4 heteroatoms. The van der Waals surface area contributed by atoms with Crippen molar-refractivity contribution in [1.82, 2.24) is 0 Å². The van der Waals surface area contributed by atoms with Crippen molar-refractivity contribution in [3.63, 3.8) is 0 Å². The molecule has 0 amide bonds. The van der Waals surface area contributed by atoms with Gasteiger partial charge in [0.2, 0.25) is 11.6 Å². The van der Waals surface area contributed by atoms with Crippen LogP contribution < -0.4 is 9.80 Å². The normalized spacial score (nSPS) is 13.3. The molecule has 8 aromatic rings. The van der Waals surface area contributed by atoms with Gasteiger partial charge in [-0.2, -0.15) is 0 Å². The maximum Gasteiger partial charge on any atom is 0.233 e. The number of benzene rings is 8. The highest BCUT2D eigenvalue weighted by Gasteiger charge is 2.45. The first-order chi connectivity index (χ1) is 39.4. The molecule has 0 aromatic heterocycles. The molecule has 0 saturated carbocycles. The van der Waals surface area contributed by atoms with Gasteiger partial charge in [-0.3, -0.25) is 9.59 Å². The van der Waals surface area contributed by atoms with E-state index in [1.807, 2.05) is 12.1 Å². The van der Waals surface area contributed by atoms with Gasteiger partial charge in [0.05, 0.1) is 0 Å². The van der Waals surface area contributed by atoms with Crippen LogP contribution in [0.15, 0.2) is 194 Å². The Labute approximate surface area is 479 Å². The number of hydrogen-bond acceptors (Lipinski definition) is 4. The maximum atomic E-state index is 15.3. The van der Waals surface area contributed by atoms with Crippen molar-refractivity contribution in [3.05, 3.63) is 228 Å². The highest BCUT2D eigenvalue weighted by molar-refractivity contribution is 6.49. The minimum Gasteiger partial charge on any atom is -0.310 e. The summed E-state index contributed by atoms with van der Waals surface area (Å²) in [6.07, 6.45) is 22.4. The summed E-state index contributed by atoms with van der Waals surface area (Å²) in [5, 5.41) is 0. The fraction of sp³-hybridized carbons (Fsp3) is 0.342. The number of nitrogens with zero attached hydrogens (tertiary/aromatic N) is 2. The third-order valence-corrected chi connectivity index (χ3v) is 17.8. The average molecular weight is 1060 g/mol. The maximum absolute atomic E-state index is 15.3. The van der Waals surface area contributed by atoms with Crippen molar-refractivity contribution in [1.29, 1.82) is 0 Å². The molecule has 0 bridgehead atoms. The second kappa shape index (κ2) is 26.3.